The molecule has 0 unspecified atom stereocenters. The summed E-state index contributed by atoms with van der Waals surface area (Å²) >= 11 is 0. The Bertz CT molecular complexity index is 368. The number of hydrogen-bond acceptors (Lipinski definition) is 3. The van der Waals surface area contributed by atoms with Crippen molar-refractivity contribution in [2.45, 2.75) is 6.54 Å². The molecule has 0 saturated heterocycles. The van der Waals surface area contributed by atoms with Gasteiger partial charge in [0, 0.05) is 6.54 Å². The highest BCUT2D eigenvalue weighted by Gasteiger charge is 2.15. The lowest BCUT2D eigenvalue weighted by atomic mass is 10.1. The summed E-state index contributed by atoms with van der Waals surface area (Å²) in [4.78, 5) is 10.4. The first-order valence-electron chi connectivity index (χ1n) is 3.64. The van der Waals surface area contributed by atoms with Gasteiger partial charge in [-0.2, -0.15) is 0 Å². The number of nitrogens with one attached hydrogen (secondary N) is 1. The van der Waals surface area contributed by atoms with Crippen LogP contribution in [0.3, 0.4) is 0 Å². The Morgan fingerprint density at radius 2 is 2.07 bits per heavy atom. The van der Waals surface area contributed by atoms with Crippen LogP contribution in [0.2, 0.25) is 0 Å². The fraction of sp³-hybridized carbons (Fsp3) is 0.125. The van der Waals surface area contributed by atoms with Gasteiger partial charge in [0.25, 0.3) is 0 Å². The molecule has 6 heteroatoms. The molecule has 0 aliphatic rings. The van der Waals surface area contributed by atoms with Gasteiger partial charge in [-0.05, 0) is 17.7 Å². The number of hydroxylamine groups is 1. The number of benzene rings is 1. The van der Waals surface area contributed by atoms with Crippen LogP contribution in [0.4, 0.5) is 8.78 Å². The standard InChI is InChI=1S/C8H7F2NO3/c9-6-2-4(3-11-14)1-5(7(6)10)8(12)13/h1-2,11,14H,3H2,(H,12,13). The summed E-state index contributed by atoms with van der Waals surface area (Å²) in [5.41, 5.74) is 1.10. The average Bonchev–Trinajstić information content (AvgIpc) is 2.11. The highest BCUT2D eigenvalue weighted by atomic mass is 19.2. The zero-order valence-corrected chi connectivity index (χ0v) is 6.92. The number of halogens is 2. The summed E-state index contributed by atoms with van der Waals surface area (Å²) in [5.74, 6) is -4.21. The maximum atomic E-state index is 12.8. The molecule has 0 aromatic heterocycles. The van der Waals surface area contributed by atoms with Gasteiger partial charge >= 0.3 is 5.97 Å². The van der Waals surface area contributed by atoms with Gasteiger partial charge in [0.2, 0.25) is 0 Å². The van der Waals surface area contributed by atoms with Crippen molar-refractivity contribution in [1.29, 1.82) is 0 Å². The van der Waals surface area contributed by atoms with Crippen molar-refractivity contribution in [2.75, 3.05) is 0 Å². The van der Waals surface area contributed by atoms with E-state index < -0.39 is 23.2 Å². The Kier molecular flexibility index (Phi) is 3.10. The third-order valence-electron chi connectivity index (χ3n) is 1.60. The molecule has 1 rings (SSSR count). The van der Waals surface area contributed by atoms with Crippen molar-refractivity contribution in [3.05, 3.63) is 34.9 Å². The number of carboxylic acid groups (broad SMARTS) is 1. The molecule has 4 nitrogen and oxygen atoms in total. The van der Waals surface area contributed by atoms with Gasteiger partial charge in [-0.25, -0.2) is 19.1 Å². The summed E-state index contributed by atoms with van der Waals surface area (Å²) in [7, 11) is 0. The first kappa shape index (κ1) is 10.6. The zero-order chi connectivity index (χ0) is 10.7. The second kappa shape index (κ2) is 4.12. The van der Waals surface area contributed by atoms with Gasteiger partial charge < -0.3 is 10.3 Å². The largest absolute Gasteiger partial charge is 0.478 e. The summed E-state index contributed by atoms with van der Waals surface area (Å²) in [6.45, 7) is -0.155. The summed E-state index contributed by atoms with van der Waals surface area (Å²) in [6.07, 6.45) is 0. The van der Waals surface area contributed by atoms with Gasteiger partial charge in [-0.15, -0.1) is 0 Å². The molecule has 14 heavy (non-hydrogen) atoms. The van der Waals surface area contributed by atoms with Gasteiger partial charge in [0.05, 0.1) is 5.56 Å². The topological polar surface area (TPSA) is 69.6 Å². The highest BCUT2D eigenvalue weighted by Crippen LogP contribution is 2.15. The van der Waals surface area contributed by atoms with E-state index in [0.717, 1.165) is 12.1 Å². The van der Waals surface area contributed by atoms with Crippen molar-refractivity contribution in [1.82, 2.24) is 5.48 Å². The quantitative estimate of drug-likeness (QED) is 0.644. The van der Waals surface area contributed by atoms with Crippen LogP contribution in [-0.2, 0) is 6.54 Å². The zero-order valence-electron chi connectivity index (χ0n) is 6.92. The van der Waals surface area contributed by atoms with E-state index in [2.05, 4.69) is 0 Å². The molecule has 0 atom stereocenters. The molecule has 0 fully saturated rings. The molecule has 1 aromatic rings. The molecule has 0 bridgehead atoms. The summed E-state index contributed by atoms with van der Waals surface area (Å²) in [6, 6.07) is 1.76. The van der Waals surface area contributed by atoms with E-state index in [1.54, 1.807) is 5.48 Å². The maximum Gasteiger partial charge on any atom is 0.338 e. The molecule has 0 saturated carbocycles. The molecule has 0 spiro atoms. The molecule has 3 N–H and O–H groups in total. The minimum atomic E-state index is -1.55. The van der Waals surface area contributed by atoms with Crippen LogP contribution in [0, 0.1) is 11.6 Å². The van der Waals surface area contributed by atoms with E-state index in [1.807, 2.05) is 0 Å². The third kappa shape index (κ3) is 2.04. The maximum absolute atomic E-state index is 12.8. The Morgan fingerprint density at radius 1 is 1.43 bits per heavy atom. The average molecular weight is 203 g/mol. The Hall–Kier alpha value is -1.53. The monoisotopic (exact) mass is 203 g/mol. The van der Waals surface area contributed by atoms with E-state index in [9.17, 15) is 13.6 Å². The SMILES string of the molecule is O=C(O)c1cc(CNO)cc(F)c1F. The van der Waals surface area contributed by atoms with Crippen molar-refractivity contribution >= 4 is 5.97 Å². The number of carbonyl (C=O) groups is 1. The lowest BCUT2D eigenvalue weighted by Crippen LogP contribution is -2.10. The van der Waals surface area contributed by atoms with Crippen LogP contribution in [-0.4, -0.2) is 16.3 Å². The van der Waals surface area contributed by atoms with Crippen LogP contribution in [0.1, 0.15) is 15.9 Å². The highest BCUT2D eigenvalue weighted by molar-refractivity contribution is 5.88. The summed E-state index contributed by atoms with van der Waals surface area (Å²) in [5, 5.41) is 16.8. The van der Waals surface area contributed by atoms with Gasteiger partial charge in [0.1, 0.15) is 0 Å². The molecule has 0 amide bonds. The Labute approximate surface area is 77.7 Å². The Morgan fingerprint density at radius 3 is 2.57 bits per heavy atom. The molecule has 1 aromatic carbocycles. The van der Waals surface area contributed by atoms with Crippen molar-refractivity contribution < 1.29 is 23.9 Å². The van der Waals surface area contributed by atoms with E-state index in [4.69, 9.17) is 10.3 Å². The first-order chi connectivity index (χ1) is 6.56. The third-order valence-corrected chi connectivity index (χ3v) is 1.60. The van der Waals surface area contributed by atoms with Crippen molar-refractivity contribution in [3.63, 3.8) is 0 Å². The number of aromatic carboxylic acids is 1. The van der Waals surface area contributed by atoms with E-state index >= 15 is 0 Å². The van der Waals surface area contributed by atoms with Crippen LogP contribution in [0.25, 0.3) is 0 Å². The van der Waals surface area contributed by atoms with E-state index in [-0.39, 0.29) is 12.1 Å². The van der Waals surface area contributed by atoms with Crippen molar-refractivity contribution in [3.8, 4) is 0 Å². The fourth-order valence-electron chi connectivity index (χ4n) is 0.994. The second-order valence-corrected chi connectivity index (χ2v) is 2.58. The van der Waals surface area contributed by atoms with Crippen LogP contribution in [0.15, 0.2) is 12.1 Å². The van der Waals surface area contributed by atoms with Gasteiger partial charge in [-0.3, -0.25) is 0 Å². The van der Waals surface area contributed by atoms with Crippen LogP contribution >= 0.6 is 0 Å². The minimum absolute atomic E-state index is 0.142. The Balaban J connectivity index is 3.21. The van der Waals surface area contributed by atoms with Gasteiger partial charge in [0.15, 0.2) is 11.6 Å². The number of hydrogen-bond donors (Lipinski definition) is 3. The second-order valence-electron chi connectivity index (χ2n) is 2.58. The lowest BCUT2D eigenvalue weighted by molar-refractivity contribution is 0.0690. The number of carboxylic acids is 1. The predicted molar refractivity (Wildman–Crippen MR) is 41.9 cm³/mol. The van der Waals surface area contributed by atoms with Crippen LogP contribution in [0.5, 0.6) is 0 Å². The normalized spacial score (nSPS) is 10.2. The van der Waals surface area contributed by atoms with Gasteiger partial charge in [-0.1, -0.05) is 0 Å². The molecular formula is C8H7F2NO3. The van der Waals surface area contributed by atoms with Crippen LogP contribution < -0.4 is 5.48 Å². The molecule has 0 heterocycles. The molecule has 0 aliphatic heterocycles. The molecule has 0 radical (unpaired) electrons. The van der Waals surface area contributed by atoms with E-state index in [1.165, 1.54) is 0 Å². The number of rotatable bonds is 3. The molecule has 76 valence electrons. The predicted octanol–water partition coefficient (Wildman–Crippen LogP) is 1.14. The smallest absolute Gasteiger partial charge is 0.338 e. The molecular weight excluding hydrogens is 196 g/mol. The minimum Gasteiger partial charge on any atom is -0.478 e. The van der Waals surface area contributed by atoms with E-state index in [0.29, 0.717) is 0 Å². The lowest BCUT2D eigenvalue weighted by Gasteiger charge is -2.03. The fourth-order valence-corrected chi connectivity index (χ4v) is 0.994. The first-order valence-corrected chi connectivity index (χ1v) is 3.64. The van der Waals surface area contributed by atoms with Crippen molar-refractivity contribution in [2.24, 2.45) is 0 Å². The summed E-state index contributed by atoms with van der Waals surface area (Å²) < 4.78 is 25.6. The molecule has 0 aliphatic carbocycles.